The van der Waals surface area contributed by atoms with Gasteiger partial charge in [-0.1, -0.05) is 148 Å². The zero-order valence-corrected chi connectivity index (χ0v) is 27.1. The van der Waals surface area contributed by atoms with Crippen LogP contribution < -0.4 is 11.5 Å². The molecule has 1 aliphatic rings. The lowest BCUT2D eigenvalue weighted by atomic mass is 9.62. The van der Waals surface area contributed by atoms with E-state index in [1.807, 2.05) is 0 Å². The van der Waals surface area contributed by atoms with Crippen molar-refractivity contribution >= 4 is 0 Å². The number of nitrogens with two attached hydrogens (primary N) is 2. The summed E-state index contributed by atoms with van der Waals surface area (Å²) >= 11 is 0. The number of hydrogen-bond acceptors (Lipinski definition) is 2. The Morgan fingerprint density at radius 1 is 0.487 bits per heavy atom. The number of allylic oxidation sites excluding steroid dienone is 2. The number of unbranched alkanes of at least 4 members (excludes halogenated alkanes) is 18. The molecule has 0 radical (unpaired) electrons. The summed E-state index contributed by atoms with van der Waals surface area (Å²) in [6.07, 6.45) is 43.4. The van der Waals surface area contributed by atoms with Crippen LogP contribution in [0.4, 0.5) is 0 Å². The average Bonchev–Trinajstić information content (AvgIpc) is 2.95. The maximum atomic E-state index is 5.68. The van der Waals surface area contributed by atoms with Gasteiger partial charge in [-0.2, -0.15) is 0 Å². The predicted octanol–water partition coefficient (Wildman–Crippen LogP) is 11.5. The first-order valence-electron chi connectivity index (χ1n) is 18.3. The summed E-state index contributed by atoms with van der Waals surface area (Å²) in [5.74, 6) is 3.73. The van der Waals surface area contributed by atoms with Crippen LogP contribution in [0.15, 0.2) is 12.2 Å². The Bertz CT molecular complexity index is 516. The van der Waals surface area contributed by atoms with Crippen molar-refractivity contribution in [2.45, 2.75) is 187 Å². The largest absolute Gasteiger partial charge is 0.330 e. The molecule has 0 amide bonds. The summed E-state index contributed by atoms with van der Waals surface area (Å²) in [6, 6.07) is 0. The van der Waals surface area contributed by atoms with Crippen LogP contribution in [0.3, 0.4) is 0 Å². The molecule has 0 aromatic carbocycles. The zero-order valence-electron chi connectivity index (χ0n) is 27.1. The van der Waals surface area contributed by atoms with Crippen molar-refractivity contribution in [3.63, 3.8) is 0 Å². The molecule has 1 aliphatic carbocycles. The Kier molecular flexibility index (Phi) is 26.2. The first kappa shape index (κ1) is 36.7. The minimum absolute atomic E-state index is 0.856. The highest BCUT2D eigenvalue weighted by atomic mass is 14.5. The van der Waals surface area contributed by atoms with Gasteiger partial charge >= 0.3 is 0 Å². The van der Waals surface area contributed by atoms with Crippen molar-refractivity contribution in [3.8, 4) is 0 Å². The summed E-state index contributed by atoms with van der Waals surface area (Å²) < 4.78 is 0. The van der Waals surface area contributed by atoms with E-state index in [1.54, 1.807) is 0 Å². The second-order valence-corrected chi connectivity index (χ2v) is 13.2. The molecule has 4 N–H and O–H groups in total. The Morgan fingerprint density at radius 3 is 1.49 bits per heavy atom. The van der Waals surface area contributed by atoms with Crippen molar-refractivity contribution in [2.24, 2.45) is 35.1 Å². The second kappa shape index (κ2) is 27.8. The highest BCUT2D eigenvalue weighted by Crippen LogP contribution is 2.46. The normalized spacial score (nSPS) is 21.7. The minimum atomic E-state index is 0.856. The molecule has 0 aromatic heterocycles. The molecule has 0 saturated heterocycles. The fraction of sp³-hybridized carbons (Fsp3) is 0.946. The lowest BCUT2D eigenvalue weighted by Crippen LogP contribution is -2.34. The molecule has 1 saturated carbocycles. The quantitative estimate of drug-likeness (QED) is 0.0757. The van der Waals surface area contributed by atoms with Crippen LogP contribution in [-0.2, 0) is 0 Å². The lowest BCUT2D eigenvalue weighted by Gasteiger charge is -2.43. The first-order valence-corrected chi connectivity index (χ1v) is 18.3. The van der Waals surface area contributed by atoms with Gasteiger partial charge in [-0.05, 0) is 88.1 Å². The summed E-state index contributed by atoms with van der Waals surface area (Å²) in [6.45, 7) is 6.42. The smallest absolute Gasteiger partial charge is 0.00773 e. The van der Waals surface area contributed by atoms with Gasteiger partial charge in [0.25, 0.3) is 0 Å². The van der Waals surface area contributed by atoms with E-state index in [0.29, 0.717) is 0 Å². The van der Waals surface area contributed by atoms with Gasteiger partial charge < -0.3 is 11.5 Å². The Balaban J connectivity index is 2.66. The maximum Gasteiger partial charge on any atom is -0.00773 e. The SMILES string of the molecule is CCCCC/C=C/C1C(CCCCC)CCC(CCCCCCCCCCN)C1CCCCCCCCCN. The highest BCUT2D eigenvalue weighted by molar-refractivity contribution is 4.99. The van der Waals surface area contributed by atoms with Crippen molar-refractivity contribution in [2.75, 3.05) is 13.1 Å². The van der Waals surface area contributed by atoms with Crippen LogP contribution in [0.2, 0.25) is 0 Å². The van der Waals surface area contributed by atoms with Gasteiger partial charge in [0, 0.05) is 0 Å². The van der Waals surface area contributed by atoms with Gasteiger partial charge in [-0.15, -0.1) is 0 Å². The number of rotatable bonds is 28. The van der Waals surface area contributed by atoms with E-state index in [1.165, 1.54) is 173 Å². The monoisotopic (exact) mass is 547 g/mol. The van der Waals surface area contributed by atoms with Crippen LogP contribution in [0, 0.1) is 23.7 Å². The van der Waals surface area contributed by atoms with E-state index in [-0.39, 0.29) is 0 Å². The van der Waals surface area contributed by atoms with Gasteiger partial charge in [0.1, 0.15) is 0 Å². The van der Waals surface area contributed by atoms with Crippen LogP contribution >= 0.6 is 0 Å². The maximum absolute atomic E-state index is 5.68. The van der Waals surface area contributed by atoms with Gasteiger partial charge in [-0.3, -0.25) is 0 Å². The highest BCUT2D eigenvalue weighted by Gasteiger charge is 2.36. The molecule has 0 heterocycles. The van der Waals surface area contributed by atoms with Crippen molar-refractivity contribution in [3.05, 3.63) is 12.2 Å². The number of hydrogen-bond donors (Lipinski definition) is 2. The van der Waals surface area contributed by atoms with E-state index in [4.69, 9.17) is 11.5 Å². The molecule has 0 aromatic rings. The van der Waals surface area contributed by atoms with Crippen LogP contribution in [-0.4, -0.2) is 13.1 Å². The third kappa shape index (κ3) is 19.4. The van der Waals surface area contributed by atoms with Crippen molar-refractivity contribution < 1.29 is 0 Å². The summed E-state index contributed by atoms with van der Waals surface area (Å²) in [4.78, 5) is 0. The third-order valence-electron chi connectivity index (χ3n) is 9.83. The summed E-state index contributed by atoms with van der Waals surface area (Å²) in [5.41, 5.74) is 11.3. The van der Waals surface area contributed by atoms with E-state index in [2.05, 4.69) is 26.0 Å². The molecule has 232 valence electrons. The van der Waals surface area contributed by atoms with E-state index < -0.39 is 0 Å². The lowest BCUT2D eigenvalue weighted by molar-refractivity contribution is 0.0957. The second-order valence-electron chi connectivity index (χ2n) is 13.2. The Labute approximate surface area is 247 Å². The molecule has 39 heavy (non-hydrogen) atoms. The Hall–Kier alpha value is -0.340. The third-order valence-corrected chi connectivity index (χ3v) is 9.83. The molecule has 4 atom stereocenters. The molecule has 0 aliphatic heterocycles. The molecule has 2 heteroatoms. The molecule has 0 bridgehead atoms. The van der Waals surface area contributed by atoms with Crippen molar-refractivity contribution in [1.82, 2.24) is 0 Å². The zero-order chi connectivity index (χ0) is 28.2. The molecular weight excluding hydrogens is 472 g/mol. The summed E-state index contributed by atoms with van der Waals surface area (Å²) in [7, 11) is 0. The van der Waals surface area contributed by atoms with Crippen LogP contribution in [0.5, 0.6) is 0 Å². The van der Waals surface area contributed by atoms with Gasteiger partial charge in [-0.25, -0.2) is 0 Å². The molecule has 2 nitrogen and oxygen atoms in total. The fourth-order valence-corrected chi connectivity index (χ4v) is 7.36. The average molecular weight is 547 g/mol. The molecule has 0 spiro atoms. The molecule has 1 fully saturated rings. The molecule has 4 unspecified atom stereocenters. The van der Waals surface area contributed by atoms with Gasteiger partial charge in [0.15, 0.2) is 0 Å². The van der Waals surface area contributed by atoms with Gasteiger partial charge in [0.05, 0.1) is 0 Å². The van der Waals surface area contributed by atoms with Crippen LogP contribution in [0.25, 0.3) is 0 Å². The predicted molar refractivity (Wildman–Crippen MR) is 177 cm³/mol. The van der Waals surface area contributed by atoms with Gasteiger partial charge in [0.2, 0.25) is 0 Å². The molecule has 1 rings (SSSR count). The minimum Gasteiger partial charge on any atom is -0.330 e. The van der Waals surface area contributed by atoms with E-state index in [0.717, 1.165) is 36.8 Å². The fourth-order valence-electron chi connectivity index (χ4n) is 7.36. The van der Waals surface area contributed by atoms with E-state index >= 15 is 0 Å². The summed E-state index contributed by atoms with van der Waals surface area (Å²) in [5, 5.41) is 0. The first-order chi connectivity index (χ1) is 19.3. The topological polar surface area (TPSA) is 52.0 Å². The van der Waals surface area contributed by atoms with Crippen molar-refractivity contribution in [1.29, 1.82) is 0 Å². The molecular formula is C37H74N2. The van der Waals surface area contributed by atoms with Crippen LogP contribution in [0.1, 0.15) is 187 Å². The Morgan fingerprint density at radius 2 is 0.923 bits per heavy atom. The van der Waals surface area contributed by atoms with E-state index in [9.17, 15) is 0 Å². The standard InChI is InChI=1S/C37H74N2/c1-3-5-7-15-22-28-36-34(26-20-6-4-2)30-31-35(27-21-16-11-8-9-13-18-24-32-38)37(36)29-23-17-12-10-14-19-25-33-39/h22,28,34-37H,3-21,23-27,29-33,38-39H2,1-2H3/b28-22+.